The third-order valence-corrected chi connectivity index (χ3v) is 10.5. The molecule has 0 atom stereocenters. The maximum Gasteiger partial charge on any atom is 0.143 e. The standard InChI is InChI=1S/C48H30N2O/c1-2-11-31(12-3-1)32-21-25-34(26-22-32)49-43-18-7-4-13-37(43)41-29-42-38-14-5-8-19-44(38)50(46(42)30-45(41)49)35-27-23-33(24-28-35)36-16-10-17-40-39-15-6-9-20-47(39)51-48(36)40/h1-30H. The first-order chi connectivity index (χ1) is 25.3. The maximum absolute atomic E-state index is 6.39. The third-order valence-electron chi connectivity index (χ3n) is 10.5. The summed E-state index contributed by atoms with van der Waals surface area (Å²) in [5.74, 6) is 0. The molecule has 51 heavy (non-hydrogen) atoms. The van der Waals surface area contributed by atoms with E-state index in [0.29, 0.717) is 0 Å². The van der Waals surface area contributed by atoms with Crippen molar-refractivity contribution in [1.82, 2.24) is 9.13 Å². The van der Waals surface area contributed by atoms with Crippen LogP contribution in [0.2, 0.25) is 0 Å². The Morgan fingerprint density at radius 1 is 0.314 bits per heavy atom. The molecule has 0 N–H and O–H groups in total. The van der Waals surface area contributed by atoms with Crippen LogP contribution >= 0.6 is 0 Å². The summed E-state index contributed by atoms with van der Waals surface area (Å²) in [6.07, 6.45) is 0. The van der Waals surface area contributed by atoms with Crippen LogP contribution in [-0.4, -0.2) is 9.13 Å². The number of rotatable bonds is 4. The van der Waals surface area contributed by atoms with Crippen molar-refractivity contribution in [2.75, 3.05) is 0 Å². The lowest BCUT2D eigenvalue weighted by Gasteiger charge is -2.11. The highest BCUT2D eigenvalue weighted by Gasteiger charge is 2.19. The van der Waals surface area contributed by atoms with Gasteiger partial charge in [-0.25, -0.2) is 0 Å². The molecule has 11 aromatic rings. The predicted molar refractivity (Wildman–Crippen MR) is 213 cm³/mol. The third kappa shape index (κ3) is 4.19. The van der Waals surface area contributed by atoms with Crippen molar-refractivity contribution < 1.29 is 4.42 Å². The van der Waals surface area contributed by atoms with E-state index in [9.17, 15) is 0 Å². The second kappa shape index (κ2) is 10.8. The van der Waals surface area contributed by atoms with Gasteiger partial charge in [-0.3, -0.25) is 0 Å². The Hall–Kier alpha value is -6.84. The molecule has 8 aromatic carbocycles. The van der Waals surface area contributed by atoms with E-state index in [-0.39, 0.29) is 0 Å². The highest BCUT2D eigenvalue weighted by atomic mass is 16.3. The molecule has 238 valence electrons. The number of nitrogens with zero attached hydrogens (tertiary/aromatic N) is 2. The minimum absolute atomic E-state index is 0.915. The lowest BCUT2D eigenvalue weighted by atomic mass is 10.0. The average molecular weight is 651 g/mol. The summed E-state index contributed by atoms with van der Waals surface area (Å²) < 4.78 is 11.2. The molecule has 3 aromatic heterocycles. The smallest absolute Gasteiger partial charge is 0.143 e. The Labute approximate surface area is 293 Å². The number of furan rings is 1. The predicted octanol–water partition coefficient (Wildman–Crippen LogP) is 13.1. The zero-order valence-corrected chi connectivity index (χ0v) is 27.6. The number of benzene rings is 8. The minimum Gasteiger partial charge on any atom is -0.455 e. The van der Waals surface area contributed by atoms with Gasteiger partial charge in [0.1, 0.15) is 11.2 Å². The fourth-order valence-electron chi connectivity index (χ4n) is 8.19. The number of para-hydroxylation sites is 4. The van der Waals surface area contributed by atoms with Gasteiger partial charge in [0.15, 0.2) is 0 Å². The van der Waals surface area contributed by atoms with E-state index in [4.69, 9.17) is 4.42 Å². The van der Waals surface area contributed by atoms with E-state index in [1.165, 1.54) is 54.7 Å². The zero-order valence-electron chi connectivity index (χ0n) is 27.6. The molecular formula is C48H30N2O. The number of hydrogen-bond acceptors (Lipinski definition) is 1. The molecule has 0 aliphatic carbocycles. The molecule has 3 heteroatoms. The van der Waals surface area contributed by atoms with Gasteiger partial charge in [0, 0.05) is 49.3 Å². The second-order valence-electron chi connectivity index (χ2n) is 13.3. The van der Waals surface area contributed by atoms with Gasteiger partial charge in [-0.15, -0.1) is 0 Å². The normalized spacial score (nSPS) is 11.9. The number of fused-ring (bicyclic) bond motifs is 9. The van der Waals surface area contributed by atoms with Crippen LogP contribution in [0.1, 0.15) is 0 Å². The lowest BCUT2D eigenvalue weighted by Crippen LogP contribution is -1.96. The van der Waals surface area contributed by atoms with Crippen LogP contribution in [0.15, 0.2) is 186 Å². The number of aromatic nitrogens is 2. The summed E-state index contributed by atoms with van der Waals surface area (Å²) in [6.45, 7) is 0. The maximum atomic E-state index is 6.39. The SMILES string of the molecule is c1ccc(-c2ccc(-n3c4ccccc4c4cc5c6ccccc6n(-c6ccc(-c7cccc8c7oc7ccccc78)cc6)c5cc43)cc2)cc1. The molecule has 0 unspecified atom stereocenters. The van der Waals surface area contributed by atoms with E-state index >= 15 is 0 Å². The Morgan fingerprint density at radius 2 is 0.824 bits per heavy atom. The lowest BCUT2D eigenvalue weighted by molar-refractivity contribution is 0.670. The molecule has 0 saturated heterocycles. The van der Waals surface area contributed by atoms with Crippen molar-refractivity contribution in [3.63, 3.8) is 0 Å². The largest absolute Gasteiger partial charge is 0.455 e. The molecule has 0 spiro atoms. The Balaban J connectivity index is 1.11. The van der Waals surface area contributed by atoms with Crippen molar-refractivity contribution in [1.29, 1.82) is 0 Å². The fourth-order valence-corrected chi connectivity index (χ4v) is 8.19. The topological polar surface area (TPSA) is 23.0 Å². The molecule has 0 bridgehead atoms. The van der Waals surface area contributed by atoms with Gasteiger partial charge in [0.25, 0.3) is 0 Å². The average Bonchev–Trinajstić information content (AvgIpc) is 3.85. The van der Waals surface area contributed by atoms with E-state index in [1.54, 1.807) is 0 Å². The van der Waals surface area contributed by atoms with E-state index in [0.717, 1.165) is 44.4 Å². The highest BCUT2D eigenvalue weighted by Crippen LogP contribution is 2.41. The van der Waals surface area contributed by atoms with Crippen LogP contribution < -0.4 is 0 Å². The molecular weight excluding hydrogens is 621 g/mol. The minimum atomic E-state index is 0.915. The Kier molecular flexibility index (Phi) is 5.96. The summed E-state index contributed by atoms with van der Waals surface area (Å²) >= 11 is 0. The second-order valence-corrected chi connectivity index (χ2v) is 13.3. The first kappa shape index (κ1) is 28.0. The Morgan fingerprint density at radius 3 is 1.47 bits per heavy atom. The summed E-state index contributed by atoms with van der Waals surface area (Å²) in [5, 5.41) is 7.28. The summed E-state index contributed by atoms with van der Waals surface area (Å²) in [6, 6.07) is 65.5. The van der Waals surface area contributed by atoms with Crippen LogP contribution in [0.3, 0.4) is 0 Å². The van der Waals surface area contributed by atoms with Crippen LogP contribution in [0.4, 0.5) is 0 Å². The van der Waals surface area contributed by atoms with Crippen LogP contribution in [0.25, 0.3) is 99.2 Å². The van der Waals surface area contributed by atoms with Gasteiger partial charge >= 0.3 is 0 Å². The Bertz CT molecular complexity index is 3100. The first-order valence-corrected chi connectivity index (χ1v) is 17.4. The number of hydrogen-bond donors (Lipinski definition) is 0. The van der Waals surface area contributed by atoms with Gasteiger partial charge in [-0.1, -0.05) is 127 Å². The monoisotopic (exact) mass is 650 g/mol. The van der Waals surface area contributed by atoms with Crippen molar-refractivity contribution in [3.8, 4) is 33.6 Å². The van der Waals surface area contributed by atoms with Gasteiger partial charge in [0.05, 0.1) is 22.1 Å². The molecule has 0 saturated carbocycles. The molecule has 0 amide bonds. The van der Waals surface area contributed by atoms with Gasteiger partial charge in [-0.05, 0) is 71.3 Å². The first-order valence-electron chi connectivity index (χ1n) is 17.4. The van der Waals surface area contributed by atoms with Crippen molar-refractivity contribution >= 4 is 65.6 Å². The van der Waals surface area contributed by atoms with Crippen LogP contribution in [0, 0.1) is 0 Å². The summed E-state index contributed by atoms with van der Waals surface area (Å²) in [7, 11) is 0. The molecule has 0 fully saturated rings. The van der Waals surface area contributed by atoms with Gasteiger partial charge < -0.3 is 13.6 Å². The van der Waals surface area contributed by atoms with E-state index in [2.05, 4.69) is 179 Å². The van der Waals surface area contributed by atoms with Gasteiger partial charge in [-0.2, -0.15) is 0 Å². The van der Waals surface area contributed by atoms with Crippen molar-refractivity contribution in [3.05, 3.63) is 182 Å². The molecule has 0 radical (unpaired) electrons. The molecule has 3 nitrogen and oxygen atoms in total. The molecule has 3 heterocycles. The molecule has 0 aliphatic heterocycles. The quantitative estimate of drug-likeness (QED) is 0.186. The zero-order chi connectivity index (χ0) is 33.5. The molecule has 11 rings (SSSR count). The molecule has 0 aliphatic rings. The summed E-state index contributed by atoms with van der Waals surface area (Å²) in [4.78, 5) is 0. The van der Waals surface area contributed by atoms with E-state index in [1.807, 2.05) is 12.1 Å². The summed E-state index contributed by atoms with van der Waals surface area (Å²) in [5.41, 5.74) is 13.5. The van der Waals surface area contributed by atoms with Crippen LogP contribution in [0.5, 0.6) is 0 Å². The van der Waals surface area contributed by atoms with Crippen molar-refractivity contribution in [2.45, 2.75) is 0 Å². The van der Waals surface area contributed by atoms with Gasteiger partial charge in [0.2, 0.25) is 0 Å². The van der Waals surface area contributed by atoms with Crippen LogP contribution in [-0.2, 0) is 0 Å². The van der Waals surface area contributed by atoms with E-state index < -0.39 is 0 Å². The van der Waals surface area contributed by atoms with Crippen molar-refractivity contribution in [2.24, 2.45) is 0 Å². The fraction of sp³-hybridized carbons (Fsp3) is 0. The highest BCUT2D eigenvalue weighted by molar-refractivity contribution is 6.19.